The first-order chi connectivity index (χ1) is 9.75. The highest BCUT2D eigenvalue weighted by atomic mass is 16.4. The predicted molar refractivity (Wildman–Crippen MR) is 74.3 cm³/mol. The summed E-state index contributed by atoms with van der Waals surface area (Å²) in [6.45, 7) is 0.798. The lowest BCUT2D eigenvalue weighted by Crippen LogP contribution is -2.24. The summed E-state index contributed by atoms with van der Waals surface area (Å²) in [5, 5.41) is 8.94. The van der Waals surface area contributed by atoms with Gasteiger partial charge < -0.3 is 5.11 Å². The normalized spacial score (nSPS) is 21.8. The minimum atomic E-state index is -0.900. The molecule has 5 heteroatoms. The van der Waals surface area contributed by atoms with Crippen LogP contribution in [0.4, 0.5) is 0 Å². The Hall–Kier alpha value is -2.24. The number of hydrazine groups is 1. The number of carboxylic acid groups (broad SMARTS) is 1. The van der Waals surface area contributed by atoms with Gasteiger partial charge in [-0.3, -0.25) is 10.4 Å². The van der Waals surface area contributed by atoms with Crippen molar-refractivity contribution in [2.45, 2.75) is 12.0 Å². The van der Waals surface area contributed by atoms with Crippen LogP contribution in [0, 0.1) is 0 Å². The summed E-state index contributed by atoms with van der Waals surface area (Å²) in [4.78, 5) is 15.0. The number of rotatable bonds is 3. The van der Waals surface area contributed by atoms with Crippen LogP contribution in [0.3, 0.4) is 0 Å². The highest BCUT2D eigenvalue weighted by molar-refractivity contribution is 5.87. The van der Waals surface area contributed by atoms with Crippen molar-refractivity contribution in [2.75, 3.05) is 6.54 Å². The number of nitrogens with one attached hydrogen (secondary N) is 2. The lowest BCUT2D eigenvalue weighted by molar-refractivity contribution is 0.0697. The molecular formula is C15H15N3O2. The number of pyridine rings is 1. The molecule has 0 spiro atoms. The van der Waals surface area contributed by atoms with Crippen LogP contribution in [0.2, 0.25) is 0 Å². The van der Waals surface area contributed by atoms with Crippen LogP contribution in [0.15, 0.2) is 48.8 Å². The van der Waals surface area contributed by atoms with E-state index in [4.69, 9.17) is 5.11 Å². The zero-order chi connectivity index (χ0) is 13.9. The van der Waals surface area contributed by atoms with Crippen molar-refractivity contribution in [3.8, 4) is 0 Å². The van der Waals surface area contributed by atoms with Gasteiger partial charge >= 0.3 is 5.97 Å². The van der Waals surface area contributed by atoms with Crippen molar-refractivity contribution in [3.05, 3.63) is 65.5 Å². The number of benzene rings is 1. The van der Waals surface area contributed by atoms with E-state index in [9.17, 15) is 4.79 Å². The van der Waals surface area contributed by atoms with Crippen LogP contribution >= 0.6 is 0 Å². The molecule has 2 atom stereocenters. The Bertz CT molecular complexity index is 598. The summed E-state index contributed by atoms with van der Waals surface area (Å²) in [6.07, 6.45) is 3.60. The molecule has 1 aliphatic heterocycles. The van der Waals surface area contributed by atoms with Gasteiger partial charge in [-0.2, -0.15) is 0 Å². The lowest BCUT2D eigenvalue weighted by atomic mass is 9.89. The van der Waals surface area contributed by atoms with Gasteiger partial charge in [0.05, 0.1) is 11.6 Å². The number of nitrogens with zero attached hydrogens (tertiary/aromatic N) is 1. The summed E-state index contributed by atoms with van der Waals surface area (Å²) >= 11 is 0. The minimum absolute atomic E-state index is 0.138. The maximum Gasteiger partial charge on any atom is 0.335 e. The van der Waals surface area contributed by atoms with Gasteiger partial charge in [-0.05, 0) is 29.3 Å². The molecule has 3 N–H and O–H groups in total. The fourth-order valence-electron chi connectivity index (χ4n) is 2.56. The van der Waals surface area contributed by atoms with Crippen molar-refractivity contribution < 1.29 is 9.90 Å². The zero-order valence-corrected chi connectivity index (χ0v) is 10.8. The van der Waals surface area contributed by atoms with Crippen LogP contribution in [-0.4, -0.2) is 22.6 Å². The van der Waals surface area contributed by atoms with Crippen molar-refractivity contribution in [1.29, 1.82) is 0 Å². The molecular weight excluding hydrogens is 254 g/mol. The Kier molecular flexibility index (Phi) is 3.45. The highest BCUT2D eigenvalue weighted by Gasteiger charge is 2.29. The van der Waals surface area contributed by atoms with Gasteiger partial charge in [0.2, 0.25) is 0 Å². The molecule has 5 nitrogen and oxygen atoms in total. The van der Waals surface area contributed by atoms with E-state index in [1.807, 2.05) is 30.5 Å². The lowest BCUT2D eigenvalue weighted by Gasteiger charge is -2.18. The Morgan fingerprint density at radius 2 is 2.00 bits per heavy atom. The molecule has 0 saturated carbocycles. The fourth-order valence-corrected chi connectivity index (χ4v) is 2.56. The Morgan fingerprint density at radius 3 is 2.65 bits per heavy atom. The van der Waals surface area contributed by atoms with Gasteiger partial charge in [-0.1, -0.05) is 18.2 Å². The summed E-state index contributed by atoms with van der Waals surface area (Å²) < 4.78 is 0. The second-order valence-corrected chi connectivity index (χ2v) is 4.82. The van der Waals surface area contributed by atoms with Crippen molar-refractivity contribution in [2.24, 2.45) is 0 Å². The Morgan fingerprint density at radius 1 is 1.20 bits per heavy atom. The zero-order valence-electron chi connectivity index (χ0n) is 10.8. The number of carbonyl (C=O) groups is 1. The molecule has 0 amide bonds. The molecule has 1 saturated heterocycles. The molecule has 0 radical (unpaired) electrons. The number of carboxylic acids is 1. The monoisotopic (exact) mass is 269 g/mol. The molecule has 102 valence electrons. The molecule has 1 aromatic carbocycles. The number of hydrogen-bond acceptors (Lipinski definition) is 4. The molecule has 0 bridgehead atoms. The maximum absolute atomic E-state index is 10.9. The quantitative estimate of drug-likeness (QED) is 0.791. The molecule has 2 aromatic rings. The minimum Gasteiger partial charge on any atom is -0.478 e. The SMILES string of the molecule is O=C(O)c1ccc(C2CNNC2c2cccnc2)cc1. The number of aromatic carboxylic acids is 1. The van der Waals surface area contributed by atoms with Crippen molar-refractivity contribution >= 4 is 5.97 Å². The fraction of sp³-hybridized carbons (Fsp3) is 0.200. The van der Waals surface area contributed by atoms with Gasteiger partial charge in [0, 0.05) is 24.9 Å². The smallest absolute Gasteiger partial charge is 0.335 e. The highest BCUT2D eigenvalue weighted by Crippen LogP contribution is 2.32. The van der Waals surface area contributed by atoms with Gasteiger partial charge in [0.25, 0.3) is 0 Å². The van der Waals surface area contributed by atoms with Gasteiger partial charge in [-0.25, -0.2) is 10.2 Å². The number of aromatic nitrogens is 1. The summed E-state index contributed by atoms with van der Waals surface area (Å²) in [6, 6.07) is 11.2. The van der Waals surface area contributed by atoms with Gasteiger partial charge in [0.15, 0.2) is 0 Å². The first-order valence-electron chi connectivity index (χ1n) is 6.47. The van der Waals surface area contributed by atoms with Crippen LogP contribution in [0.5, 0.6) is 0 Å². The maximum atomic E-state index is 10.9. The molecule has 1 aliphatic rings. The van der Waals surface area contributed by atoms with E-state index in [1.165, 1.54) is 0 Å². The van der Waals surface area contributed by atoms with E-state index in [0.29, 0.717) is 5.56 Å². The Labute approximate surface area is 116 Å². The van der Waals surface area contributed by atoms with E-state index in [-0.39, 0.29) is 12.0 Å². The molecule has 1 aromatic heterocycles. The van der Waals surface area contributed by atoms with E-state index in [1.54, 1.807) is 18.3 Å². The van der Waals surface area contributed by atoms with Crippen molar-refractivity contribution in [3.63, 3.8) is 0 Å². The summed E-state index contributed by atoms with van der Waals surface area (Å²) in [7, 11) is 0. The van der Waals surface area contributed by atoms with Gasteiger partial charge in [0.1, 0.15) is 0 Å². The van der Waals surface area contributed by atoms with Crippen LogP contribution < -0.4 is 10.9 Å². The first-order valence-corrected chi connectivity index (χ1v) is 6.47. The van der Waals surface area contributed by atoms with E-state index >= 15 is 0 Å². The largest absolute Gasteiger partial charge is 0.478 e. The third-order valence-electron chi connectivity index (χ3n) is 3.61. The molecule has 1 fully saturated rings. The molecule has 20 heavy (non-hydrogen) atoms. The molecule has 2 heterocycles. The summed E-state index contributed by atoms with van der Waals surface area (Å²) in [5.74, 6) is -0.648. The summed E-state index contributed by atoms with van der Waals surface area (Å²) in [5.41, 5.74) is 8.95. The second kappa shape index (κ2) is 5.40. The standard InChI is InChI=1S/C15H15N3O2/c19-15(20)11-5-3-10(4-6-11)13-9-17-18-14(13)12-2-1-7-16-8-12/h1-8,13-14,17-18H,9H2,(H,19,20). The topological polar surface area (TPSA) is 74.2 Å². The van der Waals surface area contributed by atoms with Crippen molar-refractivity contribution in [1.82, 2.24) is 15.8 Å². The average Bonchev–Trinajstić information content (AvgIpc) is 2.97. The van der Waals surface area contributed by atoms with Gasteiger partial charge in [-0.15, -0.1) is 0 Å². The first kappa shape index (κ1) is 12.8. The van der Waals surface area contributed by atoms with Crippen LogP contribution in [-0.2, 0) is 0 Å². The van der Waals surface area contributed by atoms with E-state index in [2.05, 4.69) is 15.8 Å². The third-order valence-corrected chi connectivity index (χ3v) is 3.61. The third kappa shape index (κ3) is 2.41. The van der Waals surface area contributed by atoms with Crippen LogP contribution in [0.1, 0.15) is 33.4 Å². The Balaban J connectivity index is 1.87. The average molecular weight is 269 g/mol. The predicted octanol–water partition coefficient (Wildman–Crippen LogP) is 1.71. The van der Waals surface area contributed by atoms with E-state index in [0.717, 1.165) is 17.7 Å². The molecule has 2 unspecified atom stereocenters. The second-order valence-electron chi connectivity index (χ2n) is 4.82. The van der Waals surface area contributed by atoms with E-state index < -0.39 is 5.97 Å². The molecule has 0 aliphatic carbocycles. The number of hydrogen-bond donors (Lipinski definition) is 3. The van der Waals surface area contributed by atoms with Crippen LogP contribution in [0.25, 0.3) is 0 Å². The molecule has 3 rings (SSSR count).